The monoisotopic (exact) mass is 534 g/mol. The quantitative estimate of drug-likeness (QED) is 0.0943. The van der Waals surface area contributed by atoms with Crippen molar-refractivity contribution in [1.29, 1.82) is 0 Å². The van der Waals surface area contributed by atoms with Crippen LogP contribution in [0.25, 0.3) is 0 Å². The smallest absolute Gasteiger partial charge is 0.233 e. The van der Waals surface area contributed by atoms with Gasteiger partial charge in [-0.05, 0) is 74.2 Å². The molecule has 0 saturated heterocycles. The molecule has 0 aromatic heterocycles. The summed E-state index contributed by atoms with van der Waals surface area (Å²) in [6.07, 6.45) is 3.69. The number of ether oxygens (including phenoxy) is 2. The van der Waals surface area contributed by atoms with E-state index in [-0.39, 0.29) is 0 Å². The summed E-state index contributed by atoms with van der Waals surface area (Å²) in [6.45, 7) is 1.10. The van der Waals surface area contributed by atoms with Crippen LogP contribution in [0.15, 0.2) is 109 Å². The number of unbranched alkanes of at least 4 members (excludes halogenated alkanes) is 3. The molecule has 0 bridgehead atoms. The van der Waals surface area contributed by atoms with Crippen LogP contribution >= 0.6 is 0 Å². The Kier molecular flexibility index (Phi) is 10.1. The average molecular weight is 535 g/mol. The van der Waals surface area contributed by atoms with Crippen LogP contribution in [0.1, 0.15) is 67.1 Å². The molecule has 6 heteroatoms. The summed E-state index contributed by atoms with van der Waals surface area (Å²) in [4.78, 5) is 49.5. The highest BCUT2D eigenvalue weighted by molar-refractivity contribution is 6.49. The van der Waals surface area contributed by atoms with Crippen LogP contribution in [-0.4, -0.2) is 36.3 Å². The largest absolute Gasteiger partial charge is 0.494 e. The molecule has 0 N–H and O–H groups in total. The topological polar surface area (TPSA) is 86.7 Å². The van der Waals surface area contributed by atoms with Crippen molar-refractivity contribution in [2.24, 2.45) is 0 Å². The predicted octanol–water partition coefficient (Wildman–Crippen LogP) is 6.84. The van der Waals surface area contributed by atoms with Gasteiger partial charge in [0.25, 0.3) is 0 Å². The third-order valence-electron chi connectivity index (χ3n) is 6.29. The molecule has 0 aliphatic heterocycles. The first-order valence-electron chi connectivity index (χ1n) is 13.3. The predicted molar refractivity (Wildman–Crippen MR) is 153 cm³/mol. The molecule has 0 aliphatic carbocycles. The van der Waals surface area contributed by atoms with E-state index in [0.717, 1.165) is 25.7 Å². The van der Waals surface area contributed by atoms with Gasteiger partial charge in [0, 0.05) is 22.3 Å². The van der Waals surface area contributed by atoms with Crippen molar-refractivity contribution in [3.05, 3.63) is 131 Å². The molecule has 6 nitrogen and oxygen atoms in total. The van der Waals surface area contributed by atoms with Gasteiger partial charge in [0.2, 0.25) is 23.1 Å². The minimum absolute atomic E-state index is 0.336. The summed E-state index contributed by atoms with van der Waals surface area (Å²) >= 11 is 0. The van der Waals surface area contributed by atoms with E-state index in [4.69, 9.17) is 9.47 Å². The van der Waals surface area contributed by atoms with E-state index in [9.17, 15) is 19.2 Å². The number of rotatable bonds is 15. The molecule has 40 heavy (non-hydrogen) atoms. The molecular weight excluding hydrogens is 504 g/mol. The van der Waals surface area contributed by atoms with Crippen LogP contribution in [0.4, 0.5) is 0 Å². The van der Waals surface area contributed by atoms with Crippen molar-refractivity contribution in [3.8, 4) is 11.5 Å². The maximum atomic E-state index is 12.4. The summed E-state index contributed by atoms with van der Waals surface area (Å²) in [7, 11) is 0. The van der Waals surface area contributed by atoms with Crippen LogP contribution in [0.2, 0.25) is 0 Å². The van der Waals surface area contributed by atoms with Gasteiger partial charge in [0.05, 0.1) is 13.2 Å². The standard InChI is InChI=1S/C34H30O6/c35-31(25-11-5-3-6-12-25)33(37)27-15-19-29(20-16-27)39-23-9-1-2-10-24-40-30-21-17-28(18-22-30)34(38)32(36)26-13-7-4-8-14-26/h3-8,11-22H,1-2,9-10,23-24H2. The molecule has 0 amide bonds. The summed E-state index contributed by atoms with van der Waals surface area (Å²) in [6, 6.07) is 30.3. The van der Waals surface area contributed by atoms with Crippen molar-refractivity contribution in [2.75, 3.05) is 13.2 Å². The second-order valence-electron chi connectivity index (χ2n) is 9.21. The van der Waals surface area contributed by atoms with E-state index in [1.54, 1.807) is 109 Å². The molecule has 0 fully saturated rings. The van der Waals surface area contributed by atoms with E-state index in [2.05, 4.69) is 0 Å². The van der Waals surface area contributed by atoms with Crippen molar-refractivity contribution < 1.29 is 28.7 Å². The normalized spacial score (nSPS) is 10.5. The number of ketones is 4. The Morgan fingerprint density at radius 1 is 0.375 bits per heavy atom. The lowest BCUT2D eigenvalue weighted by Crippen LogP contribution is -2.14. The molecule has 0 spiro atoms. The fraction of sp³-hybridized carbons (Fsp3) is 0.176. The summed E-state index contributed by atoms with van der Waals surface area (Å²) in [5.74, 6) is -0.828. The maximum absolute atomic E-state index is 12.4. The Hall–Kier alpha value is -4.84. The highest BCUT2D eigenvalue weighted by Gasteiger charge is 2.19. The lowest BCUT2D eigenvalue weighted by Gasteiger charge is -2.08. The number of hydrogen-bond acceptors (Lipinski definition) is 6. The first-order valence-corrected chi connectivity index (χ1v) is 13.3. The van der Waals surface area contributed by atoms with E-state index >= 15 is 0 Å². The molecule has 0 heterocycles. The number of benzene rings is 4. The molecule has 4 rings (SSSR count). The minimum atomic E-state index is -0.539. The number of hydrogen-bond donors (Lipinski definition) is 0. The molecular formula is C34H30O6. The molecule has 0 unspecified atom stereocenters. The van der Waals surface area contributed by atoms with E-state index < -0.39 is 23.1 Å². The first-order chi connectivity index (χ1) is 19.5. The third kappa shape index (κ3) is 7.84. The Morgan fingerprint density at radius 2 is 0.675 bits per heavy atom. The summed E-state index contributed by atoms with van der Waals surface area (Å²) in [5, 5.41) is 0. The molecule has 0 aliphatic rings. The zero-order chi connectivity index (χ0) is 28.2. The van der Waals surface area contributed by atoms with Crippen molar-refractivity contribution in [2.45, 2.75) is 25.7 Å². The van der Waals surface area contributed by atoms with Gasteiger partial charge in [-0.15, -0.1) is 0 Å². The van der Waals surface area contributed by atoms with Gasteiger partial charge in [0.1, 0.15) is 11.5 Å². The van der Waals surface area contributed by atoms with Crippen LogP contribution in [0.3, 0.4) is 0 Å². The van der Waals surface area contributed by atoms with Crippen LogP contribution in [0.5, 0.6) is 11.5 Å². The Morgan fingerprint density at radius 3 is 1.00 bits per heavy atom. The minimum Gasteiger partial charge on any atom is -0.494 e. The maximum Gasteiger partial charge on any atom is 0.233 e. The van der Waals surface area contributed by atoms with Crippen LogP contribution in [-0.2, 0) is 0 Å². The SMILES string of the molecule is O=C(C(=O)c1ccc(OCCCCCCOc2ccc(C(=O)C(=O)c3ccccc3)cc2)cc1)c1ccccc1. The van der Waals surface area contributed by atoms with Crippen molar-refractivity contribution >= 4 is 23.1 Å². The van der Waals surface area contributed by atoms with E-state index in [1.165, 1.54) is 0 Å². The van der Waals surface area contributed by atoms with Gasteiger partial charge >= 0.3 is 0 Å². The van der Waals surface area contributed by atoms with Gasteiger partial charge in [-0.25, -0.2) is 0 Å². The molecule has 4 aromatic rings. The number of Topliss-reactive ketones (excluding diaryl/α,β-unsaturated/α-hetero) is 4. The van der Waals surface area contributed by atoms with Crippen molar-refractivity contribution in [3.63, 3.8) is 0 Å². The van der Waals surface area contributed by atoms with Crippen molar-refractivity contribution in [1.82, 2.24) is 0 Å². The second kappa shape index (κ2) is 14.4. The fourth-order valence-electron chi connectivity index (χ4n) is 4.05. The molecule has 0 saturated carbocycles. The summed E-state index contributed by atoms with van der Waals surface area (Å²) < 4.78 is 11.5. The van der Waals surface area contributed by atoms with Gasteiger partial charge in [0.15, 0.2) is 0 Å². The molecule has 0 atom stereocenters. The molecule has 0 radical (unpaired) electrons. The highest BCUT2D eigenvalue weighted by Crippen LogP contribution is 2.17. The number of carbonyl (C=O) groups excluding carboxylic acids is 4. The zero-order valence-corrected chi connectivity index (χ0v) is 22.1. The first kappa shape index (κ1) is 28.2. The fourth-order valence-corrected chi connectivity index (χ4v) is 4.05. The van der Waals surface area contributed by atoms with Gasteiger partial charge in [-0.1, -0.05) is 60.7 Å². The number of carbonyl (C=O) groups is 4. The van der Waals surface area contributed by atoms with Gasteiger partial charge in [-0.3, -0.25) is 19.2 Å². The lowest BCUT2D eigenvalue weighted by atomic mass is 10.0. The van der Waals surface area contributed by atoms with E-state index in [0.29, 0.717) is 47.0 Å². The van der Waals surface area contributed by atoms with E-state index in [1.807, 2.05) is 0 Å². The zero-order valence-electron chi connectivity index (χ0n) is 22.1. The summed E-state index contributed by atoms with van der Waals surface area (Å²) in [5.41, 5.74) is 1.42. The van der Waals surface area contributed by atoms with Gasteiger partial charge < -0.3 is 9.47 Å². The van der Waals surface area contributed by atoms with Crippen LogP contribution in [0, 0.1) is 0 Å². The molecule has 202 valence electrons. The third-order valence-corrected chi connectivity index (χ3v) is 6.29. The highest BCUT2D eigenvalue weighted by atomic mass is 16.5. The lowest BCUT2D eigenvalue weighted by molar-refractivity contribution is 0.0817. The Labute approximate surface area is 233 Å². The Balaban J connectivity index is 1.09. The van der Waals surface area contributed by atoms with Crippen LogP contribution < -0.4 is 9.47 Å². The second-order valence-corrected chi connectivity index (χ2v) is 9.21. The average Bonchev–Trinajstić information content (AvgIpc) is 3.02. The van der Waals surface area contributed by atoms with Gasteiger partial charge in [-0.2, -0.15) is 0 Å². The Bertz CT molecular complexity index is 1310. The molecule has 4 aromatic carbocycles.